The van der Waals surface area contributed by atoms with Gasteiger partial charge >= 0.3 is 0 Å². The summed E-state index contributed by atoms with van der Waals surface area (Å²) >= 11 is 0. The third kappa shape index (κ3) is 7.87. The number of ether oxygens (including phenoxy) is 1. The van der Waals surface area contributed by atoms with Crippen LogP contribution in [0.1, 0.15) is 25.0 Å². The highest BCUT2D eigenvalue weighted by atomic mass is 127. The highest BCUT2D eigenvalue weighted by Gasteiger charge is 2.04. The lowest BCUT2D eigenvalue weighted by atomic mass is 10.1. The molecule has 0 saturated carbocycles. The molecule has 1 rings (SSSR count). The first kappa shape index (κ1) is 19.7. The van der Waals surface area contributed by atoms with Crippen molar-refractivity contribution in [1.29, 1.82) is 5.26 Å². The molecule has 21 heavy (non-hydrogen) atoms. The Balaban J connectivity index is 0.00000400. The van der Waals surface area contributed by atoms with Crippen molar-refractivity contribution in [2.75, 3.05) is 20.3 Å². The van der Waals surface area contributed by atoms with E-state index in [9.17, 15) is 0 Å². The number of benzene rings is 1. The van der Waals surface area contributed by atoms with Crippen LogP contribution in [0.3, 0.4) is 0 Å². The van der Waals surface area contributed by atoms with Crippen LogP contribution in [0.4, 0.5) is 0 Å². The fourth-order valence-electron chi connectivity index (χ4n) is 1.70. The third-order valence-electron chi connectivity index (χ3n) is 2.65. The molecule has 0 heterocycles. The SMILES string of the molecule is CCNC(=NCc1ccc(C#N)cc1)NC(C)COC.I. The minimum absolute atomic E-state index is 0. The molecule has 6 heteroatoms. The zero-order chi connectivity index (χ0) is 14.8. The summed E-state index contributed by atoms with van der Waals surface area (Å²) in [6.07, 6.45) is 0. The standard InChI is InChI=1S/C15H22N4O.HI/c1-4-17-15(19-12(2)11-20-3)18-10-14-7-5-13(9-16)6-8-14;/h5-8,12H,4,10-11H2,1-3H3,(H2,17,18,19);1H. The highest BCUT2D eigenvalue weighted by Crippen LogP contribution is 2.04. The number of nitrogens with one attached hydrogen (secondary N) is 2. The Labute approximate surface area is 143 Å². The first-order valence-electron chi connectivity index (χ1n) is 6.72. The molecule has 0 aliphatic rings. The molecule has 1 aromatic rings. The fraction of sp³-hybridized carbons (Fsp3) is 0.467. The number of methoxy groups -OCH3 is 1. The van der Waals surface area contributed by atoms with Crippen molar-refractivity contribution in [2.45, 2.75) is 26.4 Å². The van der Waals surface area contributed by atoms with E-state index in [1.165, 1.54) is 0 Å². The number of hydrogen-bond donors (Lipinski definition) is 2. The molecule has 2 N–H and O–H groups in total. The van der Waals surface area contributed by atoms with E-state index in [-0.39, 0.29) is 30.0 Å². The summed E-state index contributed by atoms with van der Waals surface area (Å²) in [5.74, 6) is 0.765. The van der Waals surface area contributed by atoms with E-state index in [4.69, 9.17) is 10.00 Å². The van der Waals surface area contributed by atoms with Gasteiger partial charge in [-0.05, 0) is 31.5 Å². The van der Waals surface area contributed by atoms with Gasteiger partial charge in [-0.3, -0.25) is 0 Å². The van der Waals surface area contributed by atoms with Gasteiger partial charge in [0.25, 0.3) is 0 Å². The van der Waals surface area contributed by atoms with E-state index in [0.717, 1.165) is 18.1 Å². The Morgan fingerprint density at radius 3 is 2.57 bits per heavy atom. The predicted octanol–water partition coefficient (Wildman–Crippen LogP) is 2.27. The number of rotatable bonds is 6. The summed E-state index contributed by atoms with van der Waals surface area (Å²) in [6, 6.07) is 9.75. The van der Waals surface area contributed by atoms with Crippen LogP contribution in [0.25, 0.3) is 0 Å². The molecule has 116 valence electrons. The minimum Gasteiger partial charge on any atom is -0.383 e. The molecular formula is C15H23IN4O. The van der Waals surface area contributed by atoms with Crippen molar-refractivity contribution in [3.8, 4) is 6.07 Å². The average molecular weight is 402 g/mol. The lowest BCUT2D eigenvalue weighted by Crippen LogP contribution is -2.43. The van der Waals surface area contributed by atoms with Gasteiger partial charge in [0.1, 0.15) is 0 Å². The zero-order valence-corrected chi connectivity index (χ0v) is 15.0. The number of guanidine groups is 1. The first-order valence-corrected chi connectivity index (χ1v) is 6.72. The predicted molar refractivity (Wildman–Crippen MR) is 95.9 cm³/mol. The maximum absolute atomic E-state index is 8.76. The van der Waals surface area contributed by atoms with Gasteiger partial charge in [-0.1, -0.05) is 12.1 Å². The van der Waals surface area contributed by atoms with Crippen LogP contribution in [0.15, 0.2) is 29.3 Å². The van der Waals surface area contributed by atoms with Gasteiger partial charge in [0, 0.05) is 19.7 Å². The zero-order valence-electron chi connectivity index (χ0n) is 12.7. The normalized spacial score (nSPS) is 12.0. The van der Waals surface area contributed by atoms with Gasteiger partial charge in [-0.25, -0.2) is 4.99 Å². The van der Waals surface area contributed by atoms with Gasteiger partial charge in [-0.2, -0.15) is 5.26 Å². The van der Waals surface area contributed by atoms with E-state index in [0.29, 0.717) is 18.7 Å². The smallest absolute Gasteiger partial charge is 0.191 e. The molecular weight excluding hydrogens is 379 g/mol. The summed E-state index contributed by atoms with van der Waals surface area (Å²) in [6.45, 7) is 6.07. The number of halogens is 1. The molecule has 0 aliphatic carbocycles. The molecule has 0 radical (unpaired) electrons. The van der Waals surface area contributed by atoms with Gasteiger partial charge in [-0.15, -0.1) is 24.0 Å². The summed E-state index contributed by atoms with van der Waals surface area (Å²) in [5.41, 5.74) is 1.73. The number of aliphatic imine (C=N–C) groups is 1. The van der Waals surface area contributed by atoms with Crippen molar-refractivity contribution in [3.05, 3.63) is 35.4 Å². The van der Waals surface area contributed by atoms with Crippen molar-refractivity contribution < 1.29 is 4.74 Å². The van der Waals surface area contributed by atoms with Crippen LogP contribution in [-0.4, -0.2) is 32.3 Å². The molecule has 0 saturated heterocycles. The maximum atomic E-state index is 8.76. The van der Waals surface area contributed by atoms with Gasteiger partial charge in [0.2, 0.25) is 0 Å². The Morgan fingerprint density at radius 2 is 2.05 bits per heavy atom. The molecule has 0 fully saturated rings. The monoisotopic (exact) mass is 402 g/mol. The maximum Gasteiger partial charge on any atom is 0.191 e. The fourth-order valence-corrected chi connectivity index (χ4v) is 1.70. The van der Waals surface area contributed by atoms with Crippen LogP contribution >= 0.6 is 24.0 Å². The van der Waals surface area contributed by atoms with Crippen molar-refractivity contribution in [2.24, 2.45) is 4.99 Å². The Morgan fingerprint density at radius 1 is 1.38 bits per heavy atom. The van der Waals surface area contributed by atoms with Gasteiger partial charge in [0.05, 0.1) is 24.8 Å². The average Bonchev–Trinajstić information content (AvgIpc) is 2.46. The van der Waals surface area contributed by atoms with Crippen LogP contribution in [0, 0.1) is 11.3 Å². The van der Waals surface area contributed by atoms with E-state index >= 15 is 0 Å². The third-order valence-corrected chi connectivity index (χ3v) is 2.65. The van der Waals surface area contributed by atoms with Crippen LogP contribution < -0.4 is 10.6 Å². The second-order valence-electron chi connectivity index (χ2n) is 4.50. The number of nitriles is 1. The van der Waals surface area contributed by atoms with Crippen molar-refractivity contribution >= 4 is 29.9 Å². The minimum atomic E-state index is 0. The van der Waals surface area contributed by atoms with Crippen LogP contribution in [0.2, 0.25) is 0 Å². The Hall–Kier alpha value is -1.33. The number of nitrogens with zero attached hydrogens (tertiary/aromatic N) is 2. The molecule has 1 atom stereocenters. The topological polar surface area (TPSA) is 69.4 Å². The Bertz CT molecular complexity index is 468. The summed E-state index contributed by atoms with van der Waals surface area (Å²) in [7, 11) is 1.68. The second-order valence-corrected chi connectivity index (χ2v) is 4.50. The molecule has 1 aromatic carbocycles. The van der Waals surface area contributed by atoms with Gasteiger partial charge in [0.15, 0.2) is 5.96 Å². The summed E-state index contributed by atoms with van der Waals surface area (Å²) < 4.78 is 5.10. The van der Waals surface area contributed by atoms with Gasteiger partial charge < -0.3 is 15.4 Å². The van der Waals surface area contributed by atoms with Crippen LogP contribution in [-0.2, 0) is 11.3 Å². The Kier molecular flexibility index (Phi) is 10.6. The molecule has 0 aromatic heterocycles. The van der Waals surface area contributed by atoms with E-state index in [1.54, 1.807) is 19.2 Å². The second kappa shape index (κ2) is 11.3. The number of hydrogen-bond acceptors (Lipinski definition) is 3. The molecule has 0 aliphatic heterocycles. The lowest BCUT2D eigenvalue weighted by molar-refractivity contribution is 0.179. The lowest BCUT2D eigenvalue weighted by Gasteiger charge is -2.16. The quantitative estimate of drug-likeness (QED) is 0.435. The summed E-state index contributed by atoms with van der Waals surface area (Å²) in [5, 5.41) is 15.2. The highest BCUT2D eigenvalue weighted by molar-refractivity contribution is 14.0. The summed E-state index contributed by atoms with van der Waals surface area (Å²) in [4.78, 5) is 4.52. The largest absolute Gasteiger partial charge is 0.383 e. The molecule has 1 unspecified atom stereocenters. The molecule has 0 bridgehead atoms. The van der Waals surface area contributed by atoms with Crippen LogP contribution in [0.5, 0.6) is 0 Å². The van der Waals surface area contributed by atoms with Crippen molar-refractivity contribution in [3.63, 3.8) is 0 Å². The molecule has 5 nitrogen and oxygen atoms in total. The van der Waals surface area contributed by atoms with E-state index in [1.807, 2.05) is 26.0 Å². The first-order chi connectivity index (χ1) is 9.69. The molecule has 0 amide bonds. The van der Waals surface area contributed by atoms with E-state index < -0.39 is 0 Å². The van der Waals surface area contributed by atoms with Crippen molar-refractivity contribution in [1.82, 2.24) is 10.6 Å². The molecule has 0 spiro atoms. The van der Waals surface area contributed by atoms with E-state index in [2.05, 4.69) is 21.7 Å².